The lowest BCUT2D eigenvalue weighted by molar-refractivity contribution is 0.0697. The topological polar surface area (TPSA) is 66.3 Å². The molecule has 5 nitrogen and oxygen atoms in total. The molecule has 0 spiro atoms. The lowest BCUT2D eigenvalue weighted by Crippen LogP contribution is -2.39. The van der Waals surface area contributed by atoms with E-state index in [1.807, 2.05) is 11.9 Å². The van der Waals surface area contributed by atoms with Gasteiger partial charge in [-0.2, -0.15) is 0 Å². The molecule has 1 heterocycles. The molecular weight excluding hydrogens is 242 g/mol. The van der Waals surface area contributed by atoms with Gasteiger partial charge in [0.25, 0.3) is 0 Å². The fourth-order valence-electron chi connectivity index (χ4n) is 1.62. The van der Waals surface area contributed by atoms with Crippen LogP contribution < -0.4 is 4.90 Å². The molecule has 0 bridgehead atoms. The second kappa shape index (κ2) is 4.50. The highest BCUT2D eigenvalue weighted by Crippen LogP contribution is 2.21. The van der Waals surface area contributed by atoms with Crippen molar-refractivity contribution >= 4 is 22.8 Å². The Morgan fingerprint density at radius 1 is 1.32 bits per heavy atom. The Kier molecular flexibility index (Phi) is 3.14. The van der Waals surface area contributed by atoms with Gasteiger partial charge in [-0.1, -0.05) is 0 Å². The summed E-state index contributed by atoms with van der Waals surface area (Å²) in [7, 11) is 1.94. The van der Waals surface area contributed by atoms with Gasteiger partial charge in [-0.05, 0) is 39.0 Å². The summed E-state index contributed by atoms with van der Waals surface area (Å²) in [5.41, 5.74) is 0.911. The molecule has 2 aromatic rings. The van der Waals surface area contributed by atoms with E-state index >= 15 is 0 Å². The molecule has 0 amide bonds. The number of carbonyl (C=O) groups is 1. The highest BCUT2D eigenvalue weighted by Gasteiger charge is 2.19. The number of rotatable bonds is 2. The minimum atomic E-state index is -0.946. The second-order valence-corrected chi connectivity index (χ2v) is 5.48. The second-order valence-electron chi connectivity index (χ2n) is 5.48. The Morgan fingerprint density at radius 3 is 2.58 bits per heavy atom. The number of benzene rings is 1. The Labute approximate surface area is 111 Å². The fraction of sp³-hybridized carbons (Fsp3) is 0.357. The van der Waals surface area contributed by atoms with E-state index in [-0.39, 0.29) is 11.1 Å². The van der Waals surface area contributed by atoms with Crippen molar-refractivity contribution in [3.8, 4) is 0 Å². The largest absolute Gasteiger partial charge is 0.478 e. The minimum Gasteiger partial charge on any atom is -0.478 e. The van der Waals surface area contributed by atoms with Crippen molar-refractivity contribution in [2.24, 2.45) is 0 Å². The highest BCUT2D eigenvalue weighted by molar-refractivity contribution is 5.93. The summed E-state index contributed by atoms with van der Waals surface area (Å²) in [6.07, 6.45) is 1.66. The lowest BCUT2D eigenvalue weighted by atomic mass is 10.1. The Hall–Kier alpha value is -2.17. The maximum atomic E-state index is 10.9. The van der Waals surface area contributed by atoms with E-state index in [4.69, 9.17) is 5.11 Å². The van der Waals surface area contributed by atoms with Crippen molar-refractivity contribution in [1.82, 2.24) is 9.97 Å². The van der Waals surface area contributed by atoms with E-state index in [0.717, 1.165) is 10.9 Å². The summed E-state index contributed by atoms with van der Waals surface area (Å²) in [5, 5.41) is 9.67. The maximum Gasteiger partial charge on any atom is 0.335 e. The molecule has 0 saturated carbocycles. The number of carboxylic acid groups (broad SMARTS) is 1. The summed E-state index contributed by atoms with van der Waals surface area (Å²) in [4.78, 5) is 21.6. The van der Waals surface area contributed by atoms with E-state index in [9.17, 15) is 4.79 Å². The molecule has 0 aliphatic heterocycles. The van der Waals surface area contributed by atoms with Crippen LogP contribution in [0.2, 0.25) is 0 Å². The van der Waals surface area contributed by atoms with Gasteiger partial charge in [0.05, 0.1) is 11.1 Å². The molecule has 1 N–H and O–H groups in total. The minimum absolute atomic E-state index is 0.0747. The third-order valence-corrected chi connectivity index (χ3v) is 3.12. The van der Waals surface area contributed by atoms with Gasteiger partial charge in [-0.3, -0.25) is 0 Å². The molecule has 0 saturated heterocycles. The van der Waals surface area contributed by atoms with Crippen molar-refractivity contribution in [3.63, 3.8) is 0 Å². The summed E-state index contributed by atoms with van der Waals surface area (Å²) in [6.45, 7) is 6.23. The van der Waals surface area contributed by atoms with E-state index in [0.29, 0.717) is 5.95 Å². The molecule has 5 heteroatoms. The zero-order valence-electron chi connectivity index (χ0n) is 11.5. The van der Waals surface area contributed by atoms with E-state index in [1.54, 1.807) is 24.4 Å². The number of hydrogen-bond acceptors (Lipinski definition) is 4. The van der Waals surface area contributed by atoms with Gasteiger partial charge in [-0.25, -0.2) is 14.8 Å². The molecule has 0 atom stereocenters. The van der Waals surface area contributed by atoms with Crippen molar-refractivity contribution in [1.29, 1.82) is 0 Å². The van der Waals surface area contributed by atoms with Crippen LogP contribution in [-0.4, -0.2) is 33.6 Å². The van der Waals surface area contributed by atoms with Crippen molar-refractivity contribution < 1.29 is 9.90 Å². The van der Waals surface area contributed by atoms with Crippen molar-refractivity contribution in [2.45, 2.75) is 26.3 Å². The summed E-state index contributed by atoms with van der Waals surface area (Å²) in [6, 6.07) is 4.84. The maximum absolute atomic E-state index is 10.9. The average molecular weight is 259 g/mol. The standard InChI is InChI=1S/C14H17N3O2/c1-14(2,3)17(4)13-15-8-10-7-9(12(18)19)5-6-11(10)16-13/h5-8H,1-4H3,(H,18,19). The molecule has 0 fully saturated rings. The zero-order valence-corrected chi connectivity index (χ0v) is 11.5. The molecule has 2 rings (SSSR count). The van der Waals surface area contributed by atoms with E-state index in [1.165, 1.54) is 0 Å². The predicted molar refractivity (Wildman–Crippen MR) is 74.7 cm³/mol. The van der Waals surface area contributed by atoms with Crippen LogP contribution in [-0.2, 0) is 0 Å². The summed E-state index contributed by atoms with van der Waals surface area (Å²) in [5.74, 6) is -0.319. The van der Waals surface area contributed by atoms with Gasteiger partial charge >= 0.3 is 5.97 Å². The average Bonchev–Trinajstić information content (AvgIpc) is 2.35. The number of aromatic carboxylic acids is 1. The van der Waals surface area contributed by atoms with Crippen LogP contribution in [0.4, 0.5) is 5.95 Å². The first kappa shape index (κ1) is 13.3. The van der Waals surface area contributed by atoms with Gasteiger partial charge in [0.1, 0.15) is 0 Å². The van der Waals surface area contributed by atoms with Crippen LogP contribution in [0.3, 0.4) is 0 Å². The smallest absolute Gasteiger partial charge is 0.335 e. The van der Waals surface area contributed by atoms with Crippen LogP contribution in [0.25, 0.3) is 10.9 Å². The number of carboxylic acids is 1. The summed E-state index contributed by atoms with van der Waals surface area (Å²) >= 11 is 0. The third-order valence-electron chi connectivity index (χ3n) is 3.12. The normalized spacial score (nSPS) is 11.6. The van der Waals surface area contributed by atoms with Crippen LogP contribution in [0.1, 0.15) is 31.1 Å². The molecule has 0 radical (unpaired) electrons. The SMILES string of the molecule is CN(c1ncc2cc(C(=O)O)ccc2n1)C(C)(C)C. The number of nitrogens with zero attached hydrogens (tertiary/aromatic N) is 3. The highest BCUT2D eigenvalue weighted by atomic mass is 16.4. The van der Waals surface area contributed by atoms with Crippen LogP contribution >= 0.6 is 0 Å². The Balaban J connectivity index is 2.48. The first-order chi connectivity index (χ1) is 8.79. The molecule has 0 aliphatic rings. The van der Waals surface area contributed by atoms with Crippen molar-refractivity contribution in [2.75, 3.05) is 11.9 Å². The zero-order chi connectivity index (χ0) is 14.2. The quantitative estimate of drug-likeness (QED) is 0.897. The Morgan fingerprint density at radius 2 is 2.00 bits per heavy atom. The molecular formula is C14H17N3O2. The van der Waals surface area contributed by atoms with E-state index in [2.05, 4.69) is 30.7 Å². The molecule has 1 aromatic carbocycles. The van der Waals surface area contributed by atoms with Gasteiger partial charge in [0.2, 0.25) is 5.95 Å². The van der Waals surface area contributed by atoms with Gasteiger partial charge in [0, 0.05) is 24.2 Å². The van der Waals surface area contributed by atoms with Crippen LogP contribution in [0.15, 0.2) is 24.4 Å². The molecule has 100 valence electrons. The summed E-state index contributed by atoms with van der Waals surface area (Å²) < 4.78 is 0. The number of fused-ring (bicyclic) bond motifs is 1. The van der Waals surface area contributed by atoms with Gasteiger partial charge in [-0.15, -0.1) is 0 Å². The number of hydrogen-bond donors (Lipinski definition) is 1. The fourth-order valence-corrected chi connectivity index (χ4v) is 1.62. The third kappa shape index (κ3) is 2.65. The first-order valence-corrected chi connectivity index (χ1v) is 6.03. The predicted octanol–water partition coefficient (Wildman–Crippen LogP) is 2.56. The van der Waals surface area contributed by atoms with E-state index < -0.39 is 5.97 Å². The molecule has 0 aliphatic carbocycles. The van der Waals surface area contributed by atoms with Crippen LogP contribution in [0, 0.1) is 0 Å². The number of aromatic nitrogens is 2. The molecule has 19 heavy (non-hydrogen) atoms. The lowest BCUT2D eigenvalue weighted by Gasteiger charge is -2.31. The van der Waals surface area contributed by atoms with Crippen LogP contribution in [0.5, 0.6) is 0 Å². The van der Waals surface area contributed by atoms with Gasteiger partial charge in [0.15, 0.2) is 0 Å². The van der Waals surface area contributed by atoms with Crippen molar-refractivity contribution in [3.05, 3.63) is 30.0 Å². The monoisotopic (exact) mass is 259 g/mol. The first-order valence-electron chi connectivity index (χ1n) is 6.03. The molecule has 1 aromatic heterocycles. The molecule has 0 unspecified atom stereocenters. The van der Waals surface area contributed by atoms with Gasteiger partial charge < -0.3 is 10.0 Å². The Bertz CT molecular complexity index is 632. The number of anilines is 1.